The molecule has 7 nitrogen and oxygen atoms in total. The summed E-state index contributed by atoms with van der Waals surface area (Å²) in [7, 11) is 0. The molecule has 0 aliphatic heterocycles. The molecule has 2 unspecified atom stereocenters. The van der Waals surface area contributed by atoms with Crippen LogP contribution in [0.15, 0.2) is 24.3 Å². The third-order valence-electron chi connectivity index (χ3n) is 6.00. The largest absolute Gasteiger partial charge is 0.490 e. The fraction of sp³-hybridized carbons (Fsp3) is 0.731. The molecule has 0 saturated carbocycles. The van der Waals surface area contributed by atoms with Crippen molar-refractivity contribution in [3.05, 3.63) is 34.4 Å². The van der Waals surface area contributed by atoms with Crippen molar-refractivity contribution in [3.8, 4) is 5.75 Å². The number of hydrogen-bond donors (Lipinski definition) is 2. The standard InChI is InChI=1S/C26H43NO6/c1-2-3-4-5-6-7-8-9-10-11-12-13-14-15-16-24(21-25(28)26(29)30)33-23-19-17-22(18-20-23)27(31)32/h17-20,24-25,28H,2-16,21H2,1H3,(H,29,30). The molecule has 0 spiro atoms. The second kappa shape index (κ2) is 18.3. The van der Waals surface area contributed by atoms with Gasteiger partial charge in [0.25, 0.3) is 5.69 Å². The predicted molar refractivity (Wildman–Crippen MR) is 131 cm³/mol. The van der Waals surface area contributed by atoms with Crippen molar-refractivity contribution in [1.82, 2.24) is 0 Å². The fourth-order valence-corrected chi connectivity index (χ4v) is 3.98. The van der Waals surface area contributed by atoms with Gasteiger partial charge < -0.3 is 14.9 Å². The Morgan fingerprint density at radius 3 is 1.76 bits per heavy atom. The van der Waals surface area contributed by atoms with Gasteiger partial charge in [0, 0.05) is 18.6 Å². The summed E-state index contributed by atoms with van der Waals surface area (Å²) in [4.78, 5) is 21.3. The summed E-state index contributed by atoms with van der Waals surface area (Å²) in [5, 5.41) is 29.5. The molecule has 0 aliphatic rings. The number of unbranched alkanes of at least 4 members (excludes halogenated alkanes) is 13. The van der Waals surface area contributed by atoms with E-state index in [2.05, 4.69) is 6.92 Å². The van der Waals surface area contributed by atoms with Crippen molar-refractivity contribution in [1.29, 1.82) is 0 Å². The highest BCUT2D eigenvalue weighted by atomic mass is 16.6. The zero-order valence-corrected chi connectivity index (χ0v) is 20.3. The van der Waals surface area contributed by atoms with E-state index in [1.54, 1.807) is 0 Å². The Morgan fingerprint density at radius 1 is 0.879 bits per heavy atom. The zero-order chi connectivity index (χ0) is 24.3. The Kier molecular flexibility index (Phi) is 16.0. The van der Waals surface area contributed by atoms with Crippen LogP contribution >= 0.6 is 0 Å². The van der Waals surface area contributed by atoms with Crippen molar-refractivity contribution in [2.24, 2.45) is 0 Å². The summed E-state index contributed by atoms with van der Waals surface area (Å²) in [6.45, 7) is 2.25. The lowest BCUT2D eigenvalue weighted by Gasteiger charge is -2.20. The average molecular weight is 466 g/mol. The Labute approximate surface area is 198 Å². The van der Waals surface area contributed by atoms with Crippen LogP contribution in [-0.4, -0.2) is 33.3 Å². The van der Waals surface area contributed by atoms with E-state index >= 15 is 0 Å². The number of non-ortho nitro benzene ring substituents is 1. The summed E-state index contributed by atoms with van der Waals surface area (Å²) in [6, 6.07) is 5.71. The molecule has 0 heterocycles. The van der Waals surface area contributed by atoms with Crippen molar-refractivity contribution >= 4 is 11.7 Å². The molecule has 1 aromatic carbocycles. The topological polar surface area (TPSA) is 110 Å². The second-order valence-electron chi connectivity index (χ2n) is 8.97. The molecular formula is C26H43NO6. The molecule has 0 fully saturated rings. The molecule has 0 saturated heterocycles. The van der Waals surface area contributed by atoms with Crippen LogP contribution in [0.2, 0.25) is 0 Å². The van der Waals surface area contributed by atoms with Crippen LogP contribution in [0.5, 0.6) is 5.75 Å². The minimum atomic E-state index is -1.49. The molecule has 0 aromatic heterocycles. The lowest BCUT2D eigenvalue weighted by atomic mass is 10.0. The van der Waals surface area contributed by atoms with Gasteiger partial charge in [0.2, 0.25) is 0 Å². The van der Waals surface area contributed by atoms with Crippen molar-refractivity contribution in [3.63, 3.8) is 0 Å². The van der Waals surface area contributed by atoms with Gasteiger partial charge in [0.05, 0.1) is 4.92 Å². The average Bonchev–Trinajstić information content (AvgIpc) is 2.79. The van der Waals surface area contributed by atoms with Crippen LogP contribution < -0.4 is 4.74 Å². The van der Waals surface area contributed by atoms with E-state index in [0.717, 1.165) is 19.3 Å². The third kappa shape index (κ3) is 14.6. The Balaban J connectivity index is 2.21. The molecule has 1 aromatic rings. The maximum atomic E-state index is 11.0. The number of aliphatic hydroxyl groups excluding tert-OH is 1. The predicted octanol–water partition coefficient (Wildman–Crippen LogP) is 7.05. The van der Waals surface area contributed by atoms with Gasteiger partial charge in [-0.15, -0.1) is 0 Å². The van der Waals surface area contributed by atoms with Gasteiger partial charge in [-0.2, -0.15) is 0 Å². The minimum absolute atomic E-state index is 0.00916. The first kappa shape index (κ1) is 28.9. The summed E-state index contributed by atoms with van der Waals surface area (Å²) >= 11 is 0. The minimum Gasteiger partial charge on any atom is -0.490 e. The molecule has 188 valence electrons. The first-order valence-electron chi connectivity index (χ1n) is 12.8. The fourth-order valence-electron chi connectivity index (χ4n) is 3.98. The number of nitrogens with zero attached hydrogens (tertiary/aromatic N) is 1. The second-order valence-corrected chi connectivity index (χ2v) is 8.97. The van der Waals surface area contributed by atoms with Crippen LogP contribution in [-0.2, 0) is 4.79 Å². The van der Waals surface area contributed by atoms with Gasteiger partial charge in [-0.05, 0) is 25.0 Å². The summed E-state index contributed by atoms with van der Waals surface area (Å²) < 4.78 is 5.84. The van der Waals surface area contributed by atoms with Crippen LogP contribution in [0, 0.1) is 10.1 Å². The number of carboxylic acid groups (broad SMARTS) is 1. The van der Waals surface area contributed by atoms with E-state index in [9.17, 15) is 20.0 Å². The lowest BCUT2D eigenvalue weighted by Crippen LogP contribution is -2.29. The van der Waals surface area contributed by atoms with E-state index in [-0.39, 0.29) is 12.1 Å². The number of benzene rings is 1. The number of ether oxygens (including phenoxy) is 1. The van der Waals surface area contributed by atoms with Gasteiger partial charge >= 0.3 is 5.97 Å². The molecule has 0 bridgehead atoms. The molecule has 7 heteroatoms. The third-order valence-corrected chi connectivity index (χ3v) is 6.00. The van der Waals surface area contributed by atoms with E-state index in [4.69, 9.17) is 9.84 Å². The number of carbonyl (C=O) groups is 1. The van der Waals surface area contributed by atoms with E-state index in [0.29, 0.717) is 12.2 Å². The van der Waals surface area contributed by atoms with Gasteiger partial charge in [-0.3, -0.25) is 10.1 Å². The normalized spacial score (nSPS) is 12.9. The highest BCUT2D eigenvalue weighted by molar-refractivity contribution is 5.71. The number of aliphatic carboxylic acids is 1. The molecule has 33 heavy (non-hydrogen) atoms. The number of nitro groups is 1. The van der Waals surface area contributed by atoms with Crippen LogP contribution in [0.1, 0.15) is 110 Å². The number of hydrogen-bond acceptors (Lipinski definition) is 5. The molecule has 2 N–H and O–H groups in total. The van der Waals surface area contributed by atoms with Gasteiger partial charge in [0.1, 0.15) is 11.9 Å². The maximum absolute atomic E-state index is 11.0. The van der Waals surface area contributed by atoms with Crippen molar-refractivity contribution < 1.29 is 24.7 Å². The number of rotatable bonds is 21. The number of aliphatic hydroxyl groups is 1. The Bertz CT molecular complexity index is 649. The molecule has 0 radical (unpaired) electrons. The highest BCUT2D eigenvalue weighted by Gasteiger charge is 2.21. The van der Waals surface area contributed by atoms with Crippen LogP contribution in [0.3, 0.4) is 0 Å². The van der Waals surface area contributed by atoms with Crippen LogP contribution in [0.25, 0.3) is 0 Å². The summed E-state index contributed by atoms with van der Waals surface area (Å²) in [5.74, 6) is -0.832. The van der Waals surface area contributed by atoms with Gasteiger partial charge in [-0.1, -0.05) is 90.4 Å². The smallest absolute Gasteiger partial charge is 0.332 e. The number of nitro benzene ring substituents is 1. The quantitative estimate of drug-likeness (QED) is 0.114. The van der Waals surface area contributed by atoms with Gasteiger partial charge in [-0.25, -0.2) is 4.79 Å². The molecule has 1 rings (SSSR count). The van der Waals surface area contributed by atoms with Gasteiger partial charge in [0.15, 0.2) is 6.10 Å². The lowest BCUT2D eigenvalue weighted by molar-refractivity contribution is -0.384. The number of carboxylic acids is 1. The highest BCUT2D eigenvalue weighted by Crippen LogP contribution is 2.22. The molecular weight excluding hydrogens is 422 g/mol. The Hall–Kier alpha value is -2.15. The monoisotopic (exact) mass is 465 g/mol. The first-order chi connectivity index (χ1) is 15.9. The van der Waals surface area contributed by atoms with E-state index < -0.39 is 23.1 Å². The molecule has 2 atom stereocenters. The van der Waals surface area contributed by atoms with E-state index in [1.165, 1.54) is 94.9 Å². The Morgan fingerprint density at radius 2 is 1.33 bits per heavy atom. The molecule has 0 amide bonds. The van der Waals surface area contributed by atoms with Crippen LogP contribution in [0.4, 0.5) is 5.69 Å². The summed E-state index contributed by atoms with van der Waals surface area (Å²) in [5.41, 5.74) is -0.0311. The van der Waals surface area contributed by atoms with Crippen molar-refractivity contribution in [2.75, 3.05) is 0 Å². The summed E-state index contributed by atoms with van der Waals surface area (Å²) in [6.07, 6.45) is 16.4. The molecule has 0 aliphatic carbocycles. The first-order valence-corrected chi connectivity index (χ1v) is 12.8. The van der Waals surface area contributed by atoms with E-state index in [1.807, 2.05) is 0 Å². The SMILES string of the molecule is CCCCCCCCCCCCCCCCC(CC(O)C(=O)O)Oc1ccc([N+](=O)[O-])cc1. The zero-order valence-electron chi connectivity index (χ0n) is 20.3. The maximum Gasteiger partial charge on any atom is 0.332 e. The van der Waals surface area contributed by atoms with Crippen molar-refractivity contribution in [2.45, 2.75) is 122 Å².